The number of pyridine rings is 1. The molecule has 1 aliphatic heterocycles. The van der Waals surface area contributed by atoms with Crippen LogP contribution in [0.2, 0.25) is 0 Å². The number of ether oxygens (including phenoxy) is 1. The second-order valence-corrected chi connectivity index (χ2v) is 8.50. The molecule has 1 atom stereocenters. The van der Waals surface area contributed by atoms with Crippen molar-refractivity contribution in [3.05, 3.63) is 96.3 Å². The Morgan fingerprint density at radius 1 is 1.05 bits per heavy atom. The number of aromatic nitrogens is 3. The molecule has 3 heterocycles. The summed E-state index contributed by atoms with van der Waals surface area (Å²) in [6, 6.07) is 23.8. The summed E-state index contributed by atoms with van der Waals surface area (Å²) in [7, 11) is 1.00. The summed E-state index contributed by atoms with van der Waals surface area (Å²) in [5.41, 5.74) is 9.45. The lowest BCUT2D eigenvalue weighted by Crippen LogP contribution is -2.21. The normalized spacial score (nSPS) is 14.0. The second kappa shape index (κ2) is 14.4. The number of amides is 2. The number of aliphatic hydroxyl groups excluding tert-OH is 1. The van der Waals surface area contributed by atoms with Crippen LogP contribution in [0.25, 0.3) is 5.69 Å². The average Bonchev–Trinajstić information content (AvgIpc) is 3.58. The minimum absolute atomic E-state index is 0.482. The topological polar surface area (TPSA) is 119 Å². The number of benzene rings is 2. The summed E-state index contributed by atoms with van der Waals surface area (Å²) in [6.07, 6.45) is 5.01. The molecule has 1 aliphatic rings. The molecule has 4 aromatic rings. The maximum absolute atomic E-state index is 11.1. The third kappa shape index (κ3) is 7.33. The van der Waals surface area contributed by atoms with E-state index in [4.69, 9.17) is 15.6 Å². The summed E-state index contributed by atoms with van der Waals surface area (Å²) in [4.78, 5) is 17.7. The zero-order valence-corrected chi connectivity index (χ0v) is 22.1. The Labute approximate surface area is 223 Å². The first-order valence-corrected chi connectivity index (χ1v) is 12.6. The lowest BCUT2D eigenvalue weighted by molar-refractivity contribution is 0.259. The Morgan fingerprint density at radius 2 is 1.71 bits per heavy atom. The molecule has 0 aliphatic carbocycles. The van der Waals surface area contributed by atoms with E-state index in [0.29, 0.717) is 24.2 Å². The van der Waals surface area contributed by atoms with E-state index < -0.39 is 6.03 Å². The van der Waals surface area contributed by atoms with E-state index >= 15 is 0 Å². The molecule has 1 unspecified atom stereocenters. The highest BCUT2D eigenvalue weighted by Crippen LogP contribution is 2.30. The minimum Gasteiger partial charge on any atom is -0.477 e. The highest BCUT2D eigenvalue weighted by molar-refractivity contribution is 5.88. The number of urea groups is 1. The Bertz CT molecular complexity index is 1200. The van der Waals surface area contributed by atoms with Gasteiger partial charge in [-0.2, -0.15) is 0 Å². The number of nitrogens with two attached hydrogens (primary N) is 1. The van der Waals surface area contributed by atoms with Gasteiger partial charge in [-0.1, -0.05) is 48.5 Å². The first-order chi connectivity index (χ1) is 18.6. The molecule has 9 nitrogen and oxygen atoms in total. The molecule has 2 amide bonds. The minimum atomic E-state index is -0.636. The van der Waals surface area contributed by atoms with Gasteiger partial charge in [0, 0.05) is 32.3 Å². The lowest BCUT2D eigenvalue weighted by atomic mass is 9.99. The van der Waals surface area contributed by atoms with Gasteiger partial charge in [0.05, 0.1) is 29.7 Å². The van der Waals surface area contributed by atoms with Gasteiger partial charge in [0.15, 0.2) is 0 Å². The van der Waals surface area contributed by atoms with Crippen molar-refractivity contribution >= 4 is 17.5 Å². The number of primary amides is 1. The zero-order valence-electron chi connectivity index (χ0n) is 22.1. The highest BCUT2D eigenvalue weighted by atomic mass is 16.5. The molecule has 0 spiro atoms. The van der Waals surface area contributed by atoms with Crippen molar-refractivity contribution in [1.82, 2.24) is 14.8 Å². The Kier molecular flexibility index (Phi) is 10.7. The molecule has 2 aromatic heterocycles. The second-order valence-electron chi connectivity index (χ2n) is 8.50. The van der Waals surface area contributed by atoms with Crippen molar-refractivity contribution < 1.29 is 14.6 Å². The fourth-order valence-electron chi connectivity index (χ4n) is 4.30. The van der Waals surface area contributed by atoms with Crippen LogP contribution >= 0.6 is 0 Å². The summed E-state index contributed by atoms with van der Waals surface area (Å²) >= 11 is 0. The SMILES string of the molecule is CCOc1nn(-c2ccccc2)c(NC(N)=O)c1C.CO.c1ccc(C2CCN(c3cccnc3)C2)cc1. The van der Waals surface area contributed by atoms with Gasteiger partial charge >= 0.3 is 6.03 Å². The molecular formula is C29H36N6O3. The average molecular weight is 517 g/mol. The molecule has 2 aromatic carbocycles. The fourth-order valence-corrected chi connectivity index (χ4v) is 4.30. The number of carbonyl (C=O) groups excluding carboxylic acids is 1. The van der Waals surface area contributed by atoms with Crippen molar-refractivity contribution in [2.75, 3.05) is 37.0 Å². The van der Waals surface area contributed by atoms with Crippen molar-refractivity contribution in [2.45, 2.75) is 26.2 Å². The molecule has 5 rings (SSSR count). The van der Waals surface area contributed by atoms with Crippen LogP contribution in [0.1, 0.15) is 30.4 Å². The van der Waals surface area contributed by atoms with Gasteiger partial charge in [-0.3, -0.25) is 10.3 Å². The quantitative estimate of drug-likeness (QED) is 0.340. The first-order valence-electron chi connectivity index (χ1n) is 12.6. The van der Waals surface area contributed by atoms with E-state index in [1.807, 2.05) is 62.6 Å². The van der Waals surface area contributed by atoms with Crippen LogP contribution in [0.4, 0.5) is 16.3 Å². The van der Waals surface area contributed by atoms with E-state index in [1.165, 1.54) is 17.7 Å². The number of nitrogens with zero attached hydrogens (tertiary/aromatic N) is 4. The molecule has 38 heavy (non-hydrogen) atoms. The monoisotopic (exact) mass is 516 g/mol. The van der Waals surface area contributed by atoms with Crippen molar-refractivity contribution in [1.29, 1.82) is 0 Å². The number of anilines is 2. The molecule has 200 valence electrons. The largest absolute Gasteiger partial charge is 0.477 e. The molecular weight excluding hydrogens is 480 g/mol. The van der Waals surface area contributed by atoms with Crippen LogP contribution in [-0.4, -0.2) is 52.7 Å². The number of carbonyl (C=O) groups is 1. The molecule has 0 bridgehead atoms. The third-order valence-electron chi connectivity index (χ3n) is 6.07. The number of hydrogen-bond donors (Lipinski definition) is 3. The van der Waals surface area contributed by atoms with Gasteiger partial charge in [0.2, 0.25) is 5.88 Å². The number of aliphatic hydroxyl groups is 1. The van der Waals surface area contributed by atoms with Gasteiger partial charge in [0.1, 0.15) is 5.82 Å². The number of rotatable bonds is 6. The molecule has 1 fully saturated rings. The highest BCUT2D eigenvalue weighted by Gasteiger charge is 2.23. The van der Waals surface area contributed by atoms with Gasteiger partial charge < -0.3 is 20.5 Å². The van der Waals surface area contributed by atoms with Crippen LogP contribution in [-0.2, 0) is 0 Å². The molecule has 1 saturated heterocycles. The number of hydrogen-bond acceptors (Lipinski definition) is 6. The zero-order chi connectivity index (χ0) is 27.3. The van der Waals surface area contributed by atoms with E-state index in [-0.39, 0.29) is 0 Å². The fraction of sp³-hybridized carbons (Fsp3) is 0.276. The molecule has 9 heteroatoms. The smallest absolute Gasteiger partial charge is 0.317 e. The molecule has 4 N–H and O–H groups in total. The van der Waals surface area contributed by atoms with Crippen molar-refractivity contribution in [3.63, 3.8) is 0 Å². The summed E-state index contributed by atoms with van der Waals surface area (Å²) < 4.78 is 7.04. The van der Waals surface area contributed by atoms with Crippen LogP contribution < -0.4 is 20.7 Å². The van der Waals surface area contributed by atoms with Crippen molar-refractivity contribution in [2.24, 2.45) is 5.73 Å². The van der Waals surface area contributed by atoms with E-state index in [2.05, 4.69) is 56.7 Å². The maximum Gasteiger partial charge on any atom is 0.317 e. The summed E-state index contributed by atoms with van der Waals surface area (Å²) in [5, 5.41) is 13.9. The summed E-state index contributed by atoms with van der Waals surface area (Å²) in [6.45, 7) is 6.44. The van der Waals surface area contributed by atoms with E-state index in [0.717, 1.165) is 31.5 Å². The van der Waals surface area contributed by atoms with Crippen LogP contribution in [0, 0.1) is 6.92 Å². The van der Waals surface area contributed by atoms with Crippen molar-refractivity contribution in [3.8, 4) is 11.6 Å². The van der Waals surface area contributed by atoms with Crippen LogP contribution in [0.5, 0.6) is 5.88 Å². The lowest BCUT2D eigenvalue weighted by Gasteiger charge is -2.18. The predicted molar refractivity (Wildman–Crippen MR) is 151 cm³/mol. The maximum atomic E-state index is 11.1. The Morgan fingerprint density at radius 3 is 2.32 bits per heavy atom. The van der Waals surface area contributed by atoms with Gasteiger partial charge in [-0.05, 0) is 50.1 Å². The number of nitrogens with one attached hydrogen (secondary N) is 1. The predicted octanol–water partition coefficient (Wildman–Crippen LogP) is 4.75. The standard InChI is InChI=1S/C15H16N2.C13H16N4O2.CH4O/c1-2-5-13(6-3-1)14-8-10-17(12-14)15-7-4-9-16-11-15;1-3-19-12-9(2)11(15-13(14)18)17(16-12)10-7-5-4-6-8-10;1-2/h1-7,9,11,14H,8,10,12H2;4-8H,3H2,1-2H3,(H3,14,15,18);2H,1H3. The number of para-hydroxylation sites is 1. The molecule has 0 radical (unpaired) electrons. The van der Waals surface area contributed by atoms with Gasteiger partial charge in [-0.25, -0.2) is 9.48 Å². The van der Waals surface area contributed by atoms with E-state index in [9.17, 15) is 4.79 Å². The Balaban J connectivity index is 0.000000199. The first kappa shape index (κ1) is 28.2. The summed E-state index contributed by atoms with van der Waals surface area (Å²) in [5.74, 6) is 1.66. The van der Waals surface area contributed by atoms with Gasteiger partial charge in [-0.15, -0.1) is 5.10 Å². The van der Waals surface area contributed by atoms with Gasteiger partial charge in [0.25, 0.3) is 0 Å². The van der Waals surface area contributed by atoms with Crippen LogP contribution in [0.15, 0.2) is 85.2 Å². The third-order valence-corrected chi connectivity index (χ3v) is 6.07. The Hall–Kier alpha value is -4.37. The van der Waals surface area contributed by atoms with E-state index in [1.54, 1.807) is 4.68 Å². The van der Waals surface area contributed by atoms with Crippen LogP contribution in [0.3, 0.4) is 0 Å². The molecule has 0 saturated carbocycles.